The second-order valence-corrected chi connectivity index (χ2v) is 4.66. The molecule has 2 aromatic carbocycles. The Balaban J connectivity index is 2.42. The first-order valence-electron chi connectivity index (χ1n) is 6.64. The largest absolute Gasteiger partial charge is 0.496 e. The lowest BCUT2D eigenvalue weighted by atomic mass is 10.0. The monoisotopic (exact) mass is 273 g/mol. The number of ether oxygens (including phenoxy) is 1. The third-order valence-corrected chi connectivity index (χ3v) is 3.41. The van der Waals surface area contributed by atoms with Crippen molar-refractivity contribution in [1.82, 2.24) is 4.90 Å². The summed E-state index contributed by atoms with van der Waals surface area (Å²) in [7, 11) is 1.64. The highest BCUT2D eigenvalue weighted by atomic mass is 16.5. The van der Waals surface area contributed by atoms with Crippen LogP contribution < -0.4 is 4.74 Å². The van der Waals surface area contributed by atoms with Crippen molar-refractivity contribution in [3.05, 3.63) is 42.0 Å². The van der Waals surface area contributed by atoms with Gasteiger partial charge in [-0.1, -0.05) is 37.3 Å². The highest BCUT2D eigenvalue weighted by Gasteiger charge is 2.14. The van der Waals surface area contributed by atoms with E-state index in [-0.39, 0.29) is 6.54 Å². The van der Waals surface area contributed by atoms with Crippen molar-refractivity contribution >= 4 is 16.7 Å². The first-order chi connectivity index (χ1) is 9.65. The number of carboxylic acids is 1. The molecule has 0 saturated heterocycles. The lowest BCUT2D eigenvalue weighted by Crippen LogP contribution is -2.29. The number of hydrogen-bond acceptors (Lipinski definition) is 3. The predicted octanol–water partition coefficient (Wildman–Crippen LogP) is 2.75. The molecule has 0 aliphatic heterocycles. The number of methoxy groups -OCH3 is 1. The van der Waals surface area contributed by atoms with E-state index in [9.17, 15) is 4.79 Å². The van der Waals surface area contributed by atoms with Crippen molar-refractivity contribution < 1.29 is 14.6 Å². The quantitative estimate of drug-likeness (QED) is 0.879. The minimum atomic E-state index is -0.814. The Labute approximate surface area is 118 Å². The number of benzene rings is 2. The Morgan fingerprint density at radius 3 is 2.65 bits per heavy atom. The van der Waals surface area contributed by atoms with Crippen molar-refractivity contribution in [2.24, 2.45) is 0 Å². The van der Waals surface area contributed by atoms with Gasteiger partial charge in [0.05, 0.1) is 13.7 Å². The summed E-state index contributed by atoms with van der Waals surface area (Å²) in [6.45, 7) is 3.23. The van der Waals surface area contributed by atoms with E-state index < -0.39 is 5.97 Å². The number of aliphatic carboxylic acids is 1. The van der Waals surface area contributed by atoms with Gasteiger partial charge in [0, 0.05) is 12.1 Å². The molecule has 0 amide bonds. The van der Waals surface area contributed by atoms with Crippen LogP contribution in [0.2, 0.25) is 0 Å². The van der Waals surface area contributed by atoms with Crippen LogP contribution in [0.1, 0.15) is 12.5 Å². The molecule has 4 nitrogen and oxygen atoms in total. The zero-order valence-corrected chi connectivity index (χ0v) is 11.8. The lowest BCUT2D eigenvalue weighted by Gasteiger charge is -2.21. The van der Waals surface area contributed by atoms with Gasteiger partial charge in [-0.05, 0) is 23.4 Å². The molecule has 0 aromatic heterocycles. The van der Waals surface area contributed by atoms with Crippen molar-refractivity contribution in [3.63, 3.8) is 0 Å². The van der Waals surface area contributed by atoms with Crippen LogP contribution in [0.25, 0.3) is 10.8 Å². The van der Waals surface area contributed by atoms with Crippen LogP contribution in [0, 0.1) is 0 Å². The Kier molecular flexibility index (Phi) is 4.58. The number of rotatable bonds is 6. The molecule has 0 heterocycles. The minimum absolute atomic E-state index is 0.0306. The minimum Gasteiger partial charge on any atom is -0.496 e. The topological polar surface area (TPSA) is 49.8 Å². The smallest absolute Gasteiger partial charge is 0.317 e. The second kappa shape index (κ2) is 6.39. The molecule has 2 rings (SSSR count). The fourth-order valence-electron chi connectivity index (χ4n) is 2.36. The van der Waals surface area contributed by atoms with Crippen molar-refractivity contribution in [1.29, 1.82) is 0 Å². The summed E-state index contributed by atoms with van der Waals surface area (Å²) >= 11 is 0. The molecule has 0 bridgehead atoms. The Morgan fingerprint density at radius 1 is 1.25 bits per heavy atom. The van der Waals surface area contributed by atoms with Gasteiger partial charge in [0.1, 0.15) is 5.75 Å². The maximum absolute atomic E-state index is 10.9. The summed E-state index contributed by atoms with van der Waals surface area (Å²) in [5.41, 5.74) is 1.04. The summed E-state index contributed by atoms with van der Waals surface area (Å²) in [6.07, 6.45) is 0. The average molecular weight is 273 g/mol. The van der Waals surface area contributed by atoms with Crippen LogP contribution >= 0.6 is 0 Å². The third kappa shape index (κ3) is 3.08. The average Bonchev–Trinajstić information content (AvgIpc) is 2.46. The van der Waals surface area contributed by atoms with Crippen molar-refractivity contribution in [3.8, 4) is 5.75 Å². The van der Waals surface area contributed by atoms with Crippen LogP contribution in [0.3, 0.4) is 0 Å². The van der Waals surface area contributed by atoms with Gasteiger partial charge in [0.25, 0.3) is 0 Å². The third-order valence-electron chi connectivity index (χ3n) is 3.41. The van der Waals surface area contributed by atoms with E-state index in [1.807, 2.05) is 48.2 Å². The molecule has 0 spiro atoms. The van der Waals surface area contributed by atoms with E-state index in [0.29, 0.717) is 13.1 Å². The van der Waals surface area contributed by atoms with E-state index in [1.54, 1.807) is 7.11 Å². The van der Waals surface area contributed by atoms with Crippen LogP contribution in [-0.4, -0.2) is 36.2 Å². The summed E-state index contributed by atoms with van der Waals surface area (Å²) in [5.74, 6) is -0.0152. The van der Waals surface area contributed by atoms with Gasteiger partial charge in [0.2, 0.25) is 0 Å². The van der Waals surface area contributed by atoms with Crippen molar-refractivity contribution in [2.75, 3.05) is 20.2 Å². The molecular weight excluding hydrogens is 254 g/mol. The standard InChI is InChI=1S/C16H19NO3/c1-3-17(11-16(18)19)10-14-13-7-5-4-6-12(13)8-9-15(14)20-2/h4-9H,3,10-11H2,1-2H3,(H,18,19). The van der Waals surface area contributed by atoms with E-state index in [2.05, 4.69) is 0 Å². The number of carbonyl (C=O) groups is 1. The van der Waals surface area contributed by atoms with E-state index >= 15 is 0 Å². The molecule has 0 aliphatic carbocycles. The molecule has 0 radical (unpaired) electrons. The second-order valence-electron chi connectivity index (χ2n) is 4.66. The van der Waals surface area contributed by atoms with Crippen LogP contribution in [0.5, 0.6) is 5.75 Å². The number of likely N-dealkylation sites (N-methyl/N-ethyl adjacent to an activating group) is 1. The molecule has 2 aromatic rings. The van der Waals surface area contributed by atoms with Gasteiger partial charge in [-0.15, -0.1) is 0 Å². The Hall–Kier alpha value is -2.07. The summed E-state index contributed by atoms with van der Waals surface area (Å²) in [6, 6.07) is 12.0. The summed E-state index contributed by atoms with van der Waals surface area (Å²) < 4.78 is 5.43. The molecule has 1 N–H and O–H groups in total. The zero-order valence-electron chi connectivity index (χ0n) is 11.8. The van der Waals surface area contributed by atoms with Gasteiger partial charge in [-0.3, -0.25) is 9.69 Å². The predicted molar refractivity (Wildman–Crippen MR) is 79.1 cm³/mol. The van der Waals surface area contributed by atoms with E-state index in [0.717, 1.165) is 22.1 Å². The van der Waals surface area contributed by atoms with Gasteiger partial charge >= 0.3 is 5.97 Å². The number of hydrogen-bond donors (Lipinski definition) is 1. The van der Waals surface area contributed by atoms with Crippen molar-refractivity contribution in [2.45, 2.75) is 13.5 Å². The maximum Gasteiger partial charge on any atom is 0.317 e. The summed E-state index contributed by atoms with van der Waals surface area (Å²) in [4.78, 5) is 12.8. The maximum atomic E-state index is 10.9. The number of fused-ring (bicyclic) bond motifs is 1. The molecule has 0 aliphatic rings. The first-order valence-corrected chi connectivity index (χ1v) is 6.64. The van der Waals surface area contributed by atoms with Crippen LogP contribution in [-0.2, 0) is 11.3 Å². The lowest BCUT2D eigenvalue weighted by molar-refractivity contribution is -0.138. The van der Waals surface area contributed by atoms with Gasteiger partial charge < -0.3 is 9.84 Å². The fourth-order valence-corrected chi connectivity index (χ4v) is 2.36. The van der Waals surface area contributed by atoms with Crippen LogP contribution in [0.15, 0.2) is 36.4 Å². The molecule has 0 unspecified atom stereocenters. The van der Waals surface area contributed by atoms with E-state index in [4.69, 9.17) is 9.84 Å². The molecular formula is C16H19NO3. The SMILES string of the molecule is CCN(CC(=O)O)Cc1c(OC)ccc2ccccc12. The molecule has 4 heteroatoms. The van der Waals surface area contributed by atoms with Gasteiger partial charge in [-0.25, -0.2) is 0 Å². The normalized spacial score (nSPS) is 10.9. The molecule has 20 heavy (non-hydrogen) atoms. The first kappa shape index (κ1) is 14.3. The fraction of sp³-hybridized carbons (Fsp3) is 0.312. The highest BCUT2D eigenvalue weighted by Crippen LogP contribution is 2.29. The van der Waals surface area contributed by atoms with Gasteiger partial charge in [-0.2, -0.15) is 0 Å². The van der Waals surface area contributed by atoms with E-state index in [1.165, 1.54) is 0 Å². The Bertz CT molecular complexity index is 610. The molecule has 0 atom stereocenters. The highest BCUT2D eigenvalue weighted by molar-refractivity contribution is 5.87. The van der Waals surface area contributed by atoms with Gasteiger partial charge in [0.15, 0.2) is 0 Å². The molecule has 0 fully saturated rings. The molecule has 106 valence electrons. The molecule has 0 saturated carbocycles. The zero-order chi connectivity index (χ0) is 14.5. The summed E-state index contributed by atoms with van der Waals surface area (Å²) in [5, 5.41) is 11.2. The Morgan fingerprint density at radius 2 is 2.00 bits per heavy atom. The number of carboxylic acid groups (broad SMARTS) is 1. The number of nitrogens with zero attached hydrogens (tertiary/aromatic N) is 1. The van der Waals surface area contributed by atoms with Crippen LogP contribution in [0.4, 0.5) is 0 Å².